The molecule has 1 heterocycles. The van der Waals surface area contributed by atoms with Crippen LogP contribution in [-0.2, 0) is 19.0 Å². The van der Waals surface area contributed by atoms with Crippen LogP contribution < -0.4 is 0 Å². The Hall–Kier alpha value is -2.21. The number of carbonyl (C=O) groups is 2. The van der Waals surface area contributed by atoms with Crippen molar-refractivity contribution in [3.05, 3.63) is 70.7 Å². The average Bonchev–Trinajstić information content (AvgIpc) is 2.68. The standard InChI is InChI=1S/C20H19ClO5/c1-20(19(23)24-11-17(22)14-5-3-2-4-6-14)12-25-18(26-13-20)15-7-9-16(21)10-8-15/h2-10,18H,11-13H2,1H3. The summed E-state index contributed by atoms with van der Waals surface area (Å²) in [6.07, 6.45) is -0.556. The van der Waals surface area contributed by atoms with E-state index >= 15 is 0 Å². The molecule has 5 nitrogen and oxygen atoms in total. The summed E-state index contributed by atoms with van der Waals surface area (Å²) < 4.78 is 16.6. The van der Waals surface area contributed by atoms with Gasteiger partial charge < -0.3 is 14.2 Å². The van der Waals surface area contributed by atoms with E-state index < -0.39 is 17.7 Å². The van der Waals surface area contributed by atoms with E-state index in [4.69, 9.17) is 25.8 Å². The number of hydrogen-bond donors (Lipinski definition) is 0. The highest BCUT2D eigenvalue weighted by Crippen LogP contribution is 2.33. The minimum Gasteiger partial charge on any atom is -0.457 e. The minimum atomic E-state index is -0.958. The second-order valence-corrected chi connectivity index (χ2v) is 6.87. The highest BCUT2D eigenvalue weighted by Gasteiger charge is 2.41. The number of Topliss-reactive ketones (excluding diaryl/α,β-unsaturated/α-hetero) is 1. The summed E-state index contributed by atoms with van der Waals surface area (Å²) in [4.78, 5) is 24.4. The predicted octanol–water partition coefficient (Wildman–Crippen LogP) is 3.82. The molecule has 0 unspecified atom stereocenters. The van der Waals surface area contributed by atoms with Crippen molar-refractivity contribution in [3.63, 3.8) is 0 Å². The zero-order chi connectivity index (χ0) is 18.6. The molecule has 1 aliphatic rings. The Bertz CT molecular complexity index is 765. The van der Waals surface area contributed by atoms with Crippen LogP contribution in [0.4, 0.5) is 0 Å². The van der Waals surface area contributed by atoms with Gasteiger partial charge in [-0.3, -0.25) is 9.59 Å². The Labute approximate surface area is 156 Å². The molecule has 0 amide bonds. The van der Waals surface area contributed by atoms with Crippen molar-refractivity contribution in [2.45, 2.75) is 13.2 Å². The molecule has 0 bridgehead atoms. The maximum absolute atomic E-state index is 12.4. The normalized spacial score (nSPS) is 22.6. The molecule has 0 aromatic heterocycles. The van der Waals surface area contributed by atoms with Crippen LogP contribution in [0.3, 0.4) is 0 Å². The molecule has 1 fully saturated rings. The summed E-state index contributed by atoms with van der Waals surface area (Å²) in [6, 6.07) is 15.8. The minimum absolute atomic E-state index is 0.138. The fraction of sp³-hybridized carbons (Fsp3) is 0.300. The lowest BCUT2D eigenvalue weighted by Crippen LogP contribution is -2.44. The van der Waals surface area contributed by atoms with Crippen LogP contribution in [0.1, 0.15) is 29.1 Å². The maximum Gasteiger partial charge on any atom is 0.316 e. The van der Waals surface area contributed by atoms with Gasteiger partial charge in [-0.1, -0.05) is 54.1 Å². The molecule has 0 N–H and O–H groups in total. The Morgan fingerprint density at radius 3 is 2.31 bits per heavy atom. The number of benzene rings is 2. The lowest BCUT2D eigenvalue weighted by atomic mass is 9.92. The first kappa shape index (κ1) is 18.6. The van der Waals surface area contributed by atoms with Gasteiger partial charge in [0.25, 0.3) is 0 Å². The van der Waals surface area contributed by atoms with E-state index in [9.17, 15) is 9.59 Å². The first-order valence-electron chi connectivity index (χ1n) is 8.22. The van der Waals surface area contributed by atoms with Crippen molar-refractivity contribution < 1.29 is 23.8 Å². The third-order valence-electron chi connectivity index (χ3n) is 4.17. The second kappa shape index (κ2) is 7.99. The van der Waals surface area contributed by atoms with Crippen LogP contribution in [0.2, 0.25) is 5.02 Å². The molecule has 136 valence electrons. The van der Waals surface area contributed by atoms with Gasteiger partial charge in [0.15, 0.2) is 18.7 Å². The molecule has 0 spiro atoms. The van der Waals surface area contributed by atoms with Crippen LogP contribution in [0.5, 0.6) is 0 Å². The first-order valence-corrected chi connectivity index (χ1v) is 8.60. The van der Waals surface area contributed by atoms with E-state index in [0.29, 0.717) is 10.6 Å². The second-order valence-electron chi connectivity index (χ2n) is 6.43. The number of rotatable bonds is 5. The van der Waals surface area contributed by atoms with Crippen LogP contribution in [0.25, 0.3) is 0 Å². The average molecular weight is 375 g/mol. The van der Waals surface area contributed by atoms with E-state index in [2.05, 4.69) is 0 Å². The van der Waals surface area contributed by atoms with Gasteiger partial charge in [-0.05, 0) is 19.1 Å². The Morgan fingerprint density at radius 2 is 1.69 bits per heavy atom. The molecule has 0 radical (unpaired) electrons. The molecule has 2 aromatic rings. The van der Waals surface area contributed by atoms with Crippen LogP contribution in [-0.4, -0.2) is 31.6 Å². The van der Waals surface area contributed by atoms with Gasteiger partial charge in [0.05, 0.1) is 13.2 Å². The first-order chi connectivity index (χ1) is 12.5. The molecule has 0 saturated carbocycles. The van der Waals surface area contributed by atoms with Crippen molar-refractivity contribution in [2.24, 2.45) is 5.41 Å². The van der Waals surface area contributed by atoms with Gasteiger partial charge in [-0.25, -0.2) is 0 Å². The monoisotopic (exact) mass is 374 g/mol. The number of hydrogen-bond acceptors (Lipinski definition) is 5. The fourth-order valence-corrected chi connectivity index (χ4v) is 2.68. The molecule has 2 aromatic carbocycles. The molecule has 0 aliphatic carbocycles. The van der Waals surface area contributed by atoms with Crippen molar-refractivity contribution in [1.29, 1.82) is 0 Å². The van der Waals surface area contributed by atoms with Gasteiger partial charge in [-0.15, -0.1) is 0 Å². The highest BCUT2D eigenvalue weighted by molar-refractivity contribution is 6.30. The van der Waals surface area contributed by atoms with E-state index in [1.54, 1.807) is 43.3 Å². The molecule has 26 heavy (non-hydrogen) atoms. The van der Waals surface area contributed by atoms with E-state index in [1.165, 1.54) is 0 Å². The summed E-state index contributed by atoms with van der Waals surface area (Å²) in [5.41, 5.74) is 0.369. The van der Waals surface area contributed by atoms with Crippen LogP contribution in [0, 0.1) is 5.41 Å². The van der Waals surface area contributed by atoms with Crippen LogP contribution in [0.15, 0.2) is 54.6 Å². The smallest absolute Gasteiger partial charge is 0.316 e. The quantitative estimate of drug-likeness (QED) is 0.588. The number of ketones is 1. The molecule has 3 rings (SSSR count). The molecular formula is C20H19ClO5. The maximum atomic E-state index is 12.4. The van der Waals surface area contributed by atoms with Gasteiger partial charge in [-0.2, -0.15) is 0 Å². The zero-order valence-corrected chi connectivity index (χ0v) is 15.1. The van der Waals surface area contributed by atoms with Gasteiger partial charge >= 0.3 is 5.97 Å². The molecule has 0 atom stereocenters. The van der Waals surface area contributed by atoms with E-state index in [1.807, 2.05) is 18.2 Å². The third-order valence-corrected chi connectivity index (χ3v) is 4.42. The topological polar surface area (TPSA) is 61.8 Å². The summed E-state index contributed by atoms with van der Waals surface area (Å²) in [5.74, 6) is -0.768. The lowest BCUT2D eigenvalue weighted by molar-refractivity contribution is -0.235. The number of halogens is 1. The Kier molecular flexibility index (Phi) is 5.71. The molecule has 1 saturated heterocycles. The van der Waals surface area contributed by atoms with Crippen molar-refractivity contribution in [2.75, 3.05) is 19.8 Å². The highest BCUT2D eigenvalue weighted by atomic mass is 35.5. The number of ether oxygens (including phenoxy) is 3. The Balaban J connectivity index is 1.53. The molecule has 6 heteroatoms. The summed E-state index contributed by atoms with van der Waals surface area (Å²) >= 11 is 5.87. The predicted molar refractivity (Wildman–Crippen MR) is 95.9 cm³/mol. The van der Waals surface area contributed by atoms with Gasteiger partial charge in [0.2, 0.25) is 0 Å². The van der Waals surface area contributed by atoms with Crippen molar-refractivity contribution in [1.82, 2.24) is 0 Å². The summed E-state index contributed by atoms with van der Waals surface area (Å²) in [6.45, 7) is 1.66. The number of carbonyl (C=O) groups excluding carboxylic acids is 2. The van der Waals surface area contributed by atoms with Crippen molar-refractivity contribution in [3.8, 4) is 0 Å². The van der Waals surface area contributed by atoms with Crippen LogP contribution >= 0.6 is 11.6 Å². The van der Waals surface area contributed by atoms with Gasteiger partial charge in [0.1, 0.15) is 5.41 Å². The lowest BCUT2D eigenvalue weighted by Gasteiger charge is -2.35. The van der Waals surface area contributed by atoms with Crippen molar-refractivity contribution >= 4 is 23.4 Å². The molecule has 1 aliphatic heterocycles. The molecular weight excluding hydrogens is 356 g/mol. The summed E-state index contributed by atoms with van der Waals surface area (Å²) in [5, 5.41) is 0.626. The summed E-state index contributed by atoms with van der Waals surface area (Å²) in [7, 11) is 0. The SMILES string of the molecule is CC1(C(=O)OCC(=O)c2ccccc2)COC(c2ccc(Cl)cc2)OC1. The number of esters is 1. The van der Waals surface area contributed by atoms with E-state index in [0.717, 1.165) is 5.56 Å². The fourth-order valence-electron chi connectivity index (χ4n) is 2.55. The largest absolute Gasteiger partial charge is 0.457 e. The Morgan fingerprint density at radius 1 is 1.08 bits per heavy atom. The van der Waals surface area contributed by atoms with Gasteiger partial charge in [0, 0.05) is 16.1 Å². The third kappa shape index (κ3) is 4.30. The zero-order valence-electron chi connectivity index (χ0n) is 14.3. The van der Waals surface area contributed by atoms with E-state index in [-0.39, 0.29) is 25.6 Å².